The highest BCUT2D eigenvalue weighted by molar-refractivity contribution is 9.13. The molecule has 0 N–H and O–H groups in total. The van der Waals surface area contributed by atoms with E-state index >= 15 is 0 Å². The lowest BCUT2D eigenvalue weighted by atomic mass is 10.1. The number of benzene rings is 2. The van der Waals surface area contributed by atoms with Crippen LogP contribution in [0.2, 0.25) is 0 Å². The van der Waals surface area contributed by atoms with Gasteiger partial charge in [0.1, 0.15) is 0 Å². The number of halogens is 2. The Morgan fingerprint density at radius 3 is 2.35 bits per heavy atom. The summed E-state index contributed by atoms with van der Waals surface area (Å²) in [5.41, 5.74) is 2.26. The van der Waals surface area contributed by atoms with E-state index in [0.717, 1.165) is 20.9 Å². The van der Waals surface area contributed by atoms with Crippen LogP contribution < -0.4 is 5.43 Å². The molecule has 3 rings (SSSR count). The zero-order valence-corrected chi connectivity index (χ0v) is 18.3. The molecule has 1 atom stereocenters. The average Bonchev–Trinajstić information content (AvgIpc) is 2.65. The van der Waals surface area contributed by atoms with Gasteiger partial charge in [-0.05, 0) is 73.7 Å². The van der Waals surface area contributed by atoms with Crippen molar-refractivity contribution in [1.82, 2.24) is 4.57 Å². The fraction of sp³-hybridized carbons (Fsp3) is 0.150. The van der Waals surface area contributed by atoms with E-state index in [1.165, 1.54) is 5.56 Å². The average molecular weight is 495 g/mol. The van der Waals surface area contributed by atoms with Gasteiger partial charge in [-0.25, -0.2) is 0 Å². The number of hydrogen-bond acceptors (Lipinski definition) is 2. The molecule has 2 aromatic carbocycles. The van der Waals surface area contributed by atoms with Gasteiger partial charge in [0.15, 0.2) is 4.90 Å². The van der Waals surface area contributed by atoms with Crippen LogP contribution >= 0.6 is 31.9 Å². The van der Waals surface area contributed by atoms with Crippen LogP contribution in [0.15, 0.2) is 78.4 Å². The van der Waals surface area contributed by atoms with Crippen LogP contribution in [0.4, 0.5) is 0 Å². The summed E-state index contributed by atoms with van der Waals surface area (Å²) in [5, 5.41) is 0. The van der Waals surface area contributed by atoms with E-state index < -0.39 is 11.2 Å². The van der Waals surface area contributed by atoms with Crippen LogP contribution in [-0.4, -0.2) is 9.12 Å². The lowest BCUT2D eigenvalue weighted by Crippen LogP contribution is -2.19. The van der Waals surface area contributed by atoms with E-state index in [1.807, 2.05) is 49.5 Å². The molecule has 0 fully saturated rings. The second kappa shape index (κ2) is 8.13. The maximum absolute atomic E-state index is 13.0. The van der Waals surface area contributed by atoms with Gasteiger partial charge in [0.2, 0.25) is 10.3 Å². The van der Waals surface area contributed by atoms with Crippen LogP contribution in [0.3, 0.4) is 0 Å². The fourth-order valence-electron chi connectivity index (χ4n) is 2.65. The van der Waals surface area contributed by atoms with Gasteiger partial charge in [-0.15, -0.1) is 0 Å². The van der Waals surface area contributed by atoms with Crippen molar-refractivity contribution in [2.24, 2.45) is 7.05 Å². The summed E-state index contributed by atoms with van der Waals surface area (Å²) in [6.45, 7) is 2.07. The molecule has 1 heterocycles. The van der Waals surface area contributed by atoms with Crippen molar-refractivity contribution in [3.05, 3.63) is 79.6 Å². The van der Waals surface area contributed by atoms with Crippen molar-refractivity contribution >= 4 is 43.0 Å². The number of nitrogens with zero attached hydrogens (tertiary/aromatic N) is 1. The van der Waals surface area contributed by atoms with E-state index in [2.05, 4.69) is 38.8 Å². The topological polar surface area (TPSA) is 45.1 Å². The van der Waals surface area contributed by atoms with Gasteiger partial charge in [-0.1, -0.05) is 25.1 Å². The molecule has 3 nitrogen and oxygen atoms in total. The zero-order chi connectivity index (χ0) is 18.8. The van der Waals surface area contributed by atoms with Gasteiger partial charge >= 0.3 is 0 Å². The molecular weight excluding hydrogens is 478 g/mol. The van der Waals surface area contributed by atoms with E-state index in [-0.39, 0.29) is 10.3 Å². The molecule has 0 bridgehead atoms. The molecule has 0 aliphatic heterocycles. The number of pyridine rings is 1. The first-order chi connectivity index (χ1) is 12.4. The smallest absolute Gasteiger partial charge is 0.244 e. The number of aryl methyl sites for hydroxylation is 2. The van der Waals surface area contributed by atoms with Gasteiger partial charge in [0, 0.05) is 33.4 Å². The fourth-order valence-corrected chi connectivity index (χ4v) is 4.46. The van der Waals surface area contributed by atoms with E-state index in [1.54, 1.807) is 17.0 Å². The molecule has 1 aromatic heterocycles. The molecule has 3 aromatic rings. The maximum Gasteiger partial charge on any atom is 0.244 e. The summed E-state index contributed by atoms with van der Waals surface area (Å²) in [7, 11) is 1.83. The Morgan fingerprint density at radius 2 is 1.73 bits per heavy atom. The molecule has 0 aliphatic rings. The Kier molecular flexibility index (Phi) is 6.07. The van der Waals surface area contributed by atoms with E-state index in [9.17, 15) is 9.35 Å². The van der Waals surface area contributed by atoms with Crippen LogP contribution in [0.25, 0.3) is 11.1 Å². The standard InChI is InChI=1S/C20H17Br2NO2S/c1-3-13-4-7-15(8-5-13)26(25)19-12-23(2)11-16(20(19)24)14-6-9-17(21)18(22)10-14/h4-12H,3H2,1-2H3. The molecule has 0 aliphatic carbocycles. The van der Waals surface area contributed by atoms with Crippen molar-refractivity contribution in [2.45, 2.75) is 23.1 Å². The first-order valence-electron chi connectivity index (χ1n) is 8.07. The highest BCUT2D eigenvalue weighted by atomic mass is 79.9. The third kappa shape index (κ3) is 3.98. The van der Waals surface area contributed by atoms with Crippen LogP contribution in [0, 0.1) is 0 Å². The molecular formula is C20H17Br2NO2S. The van der Waals surface area contributed by atoms with Crippen LogP contribution in [0.1, 0.15) is 12.5 Å². The SMILES string of the molecule is CCc1ccc([S+]([O-])c2cn(C)cc(-c3ccc(Br)c(Br)c3)c2=O)cc1. The minimum absolute atomic E-state index is 0.213. The minimum Gasteiger partial charge on any atom is -0.606 e. The third-order valence-electron chi connectivity index (χ3n) is 4.10. The number of hydrogen-bond donors (Lipinski definition) is 0. The summed E-state index contributed by atoms with van der Waals surface area (Å²) in [5.74, 6) is 0. The van der Waals surface area contributed by atoms with Crippen molar-refractivity contribution in [3.63, 3.8) is 0 Å². The Balaban J connectivity index is 2.09. The normalized spacial score (nSPS) is 12.2. The molecule has 6 heteroatoms. The highest BCUT2D eigenvalue weighted by Crippen LogP contribution is 2.29. The molecule has 26 heavy (non-hydrogen) atoms. The molecule has 134 valence electrons. The van der Waals surface area contributed by atoms with Gasteiger partial charge < -0.3 is 9.12 Å². The van der Waals surface area contributed by atoms with Gasteiger partial charge in [0.25, 0.3) is 0 Å². The second-order valence-electron chi connectivity index (χ2n) is 5.93. The Hall–Kier alpha value is -1.34. The van der Waals surface area contributed by atoms with Crippen molar-refractivity contribution < 1.29 is 4.55 Å². The summed E-state index contributed by atoms with van der Waals surface area (Å²) in [6, 6.07) is 13.2. The number of rotatable bonds is 4. The summed E-state index contributed by atoms with van der Waals surface area (Å²) in [6.07, 6.45) is 4.32. The third-order valence-corrected chi connectivity index (χ3v) is 7.37. The van der Waals surface area contributed by atoms with E-state index in [0.29, 0.717) is 10.5 Å². The Bertz CT molecular complexity index is 1000. The first kappa shape index (κ1) is 19.4. The molecule has 0 saturated heterocycles. The Labute approximate surface area is 172 Å². The lowest BCUT2D eigenvalue weighted by molar-refractivity contribution is 0.593. The van der Waals surface area contributed by atoms with E-state index in [4.69, 9.17) is 0 Å². The Morgan fingerprint density at radius 1 is 1.04 bits per heavy atom. The second-order valence-corrected chi connectivity index (χ2v) is 9.08. The molecule has 1 unspecified atom stereocenters. The quantitative estimate of drug-likeness (QED) is 0.461. The summed E-state index contributed by atoms with van der Waals surface area (Å²) >= 11 is 5.38. The van der Waals surface area contributed by atoms with Gasteiger partial charge in [0.05, 0.1) is 11.8 Å². The van der Waals surface area contributed by atoms with Crippen molar-refractivity contribution in [3.8, 4) is 11.1 Å². The number of aromatic nitrogens is 1. The van der Waals surface area contributed by atoms with Crippen molar-refractivity contribution in [1.29, 1.82) is 0 Å². The maximum atomic E-state index is 13.0. The molecule has 0 radical (unpaired) electrons. The highest BCUT2D eigenvalue weighted by Gasteiger charge is 2.22. The predicted molar refractivity (Wildman–Crippen MR) is 113 cm³/mol. The lowest BCUT2D eigenvalue weighted by Gasteiger charge is -2.13. The first-order valence-corrected chi connectivity index (χ1v) is 10.8. The minimum atomic E-state index is -1.53. The molecule has 0 spiro atoms. The molecule has 0 saturated carbocycles. The summed E-state index contributed by atoms with van der Waals surface area (Å²) < 4.78 is 16.6. The van der Waals surface area contributed by atoms with Crippen molar-refractivity contribution in [2.75, 3.05) is 0 Å². The predicted octanol–water partition coefficient (Wildman–Crippen LogP) is 5.31. The van der Waals surface area contributed by atoms with Crippen LogP contribution in [0.5, 0.6) is 0 Å². The zero-order valence-electron chi connectivity index (χ0n) is 14.3. The van der Waals surface area contributed by atoms with Crippen LogP contribution in [-0.2, 0) is 24.6 Å². The monoisotopic (exact) mass is 493 g/mol. The van der Waals surface area contributed by atoms with Gasteiger partial charge in [-0.3, -0.25) is 4.79 Å². The molecule has 0 amide bonds. The van der Waals surface area contributed by atoms with Gasteiger partial charge in [-0.2, -0.15) is 0 Å². The largest absolute Gasteiger partial charge is 0.606 e. The summed E-state index contributed by atoms with van der Waals surface area (Å²) in [4.78, 5) is 13.9.